The first kappa shape index (κ1) is 17.5. The van der Waals surface area contributed by atoms with Gasteiger partial charge < -0.3 is 10.4 Å². The number of carbonyl (C=O) groups is 1. The Balaban J connectivity index is 0. The van der Waals surface area contributed by atoms with Gasteiger partial charge in [-0.2, -0.15) is 12.6 Å². The first-order chi connectivity index (χ1) is 6.72. The molecule has 5 heteroatoms. The molecular weight excluding hydrogens is 234 g/mol. The maximum atomic E-state index is 10.6. The predicted octanol–water partition coefficient (Wildman–Crippen LogP) is 2.35. The Morgan fingerprint density at radius 3 is 2.40 bits per heavy atom. The fourth-order valence-electron chi connectivity index (χ4n) is 1.23. The summed E-state index contributed by atoms with van der Waals surface area (Å²) in [6, 6.07) is -0.496. The molecule has 0 heterocycles. The normalized spacial score (nSPS) is 11.9. The number of nitrogens with one attached hydrogen (secondary N) is 1. The molecule has 0 aromatic rings. The van der Waals surface area contributed by atoms with Crippen molar-refractivity contribution >= 4 is 31.0 Å². The molecule has 0 aromatic heterocycles. The van der Waals surface area contributed by atoms with E-state index in [-0.39, 0.29) is 12.4 Å². The molecular formula is C10H22ClNO2S. The van der Waals surface area contributed by atoms with Crippen LogP contribution in [0.5, 0.6) is 0 Å². The van der Waals surface area contributed by atoms with Crippen LogP contribution in [-0.4, -0.2) is 29.4 Å². The summed E-state index contributed by atoms with van der Waals surface area (Å²) in [6.45, 7) is 2.96. The Kier molecular flexibility index (Phi) is 14.1. The van der Waals surface area contributed by atoms with Gasteiger partial charge in [0.2, 0.25) is 0 Å². The Morgan fingerprint density at radius 2 is 1.93 bits per heavy atom. The number of rotatable bonds is 9. The summed E-state index contributed by atoms with van der Waals surface area (Å²) in [7, 11) is 0. The number of halogens is 1. The Hall–Kier alpha value is 0.0700. The lowest BCUT2D eigenvalue weighted by atomic mass is 10.1. The van der Waals surface area contributed by atoms with Crippen LogP contribution in [0.25, 0.3) is 0 Å². The van der Waals surface area contributed by atoms with E-state index in [9.17, 15) is 4.79 Å². The van der Waals surface area contributed by atoms with Crippen LogP contribution in [0.15, 0.2) is 0 Å². The highest BCUT2D eigenvalue weighted by Gasteiger charge is 2.13. The second-order valence-corrected chi connectivity index (χ2v) is 3.81. The van der Waals surface area contributed by atoms with Gasteiger partial charge in [-0.3, -0.25) is 4.79 Å². The molecule has 0 saturated carbocycles. The standard InChI is InChI=1S/C10H21NO2S.ClH/c1-2-3-4-5-6-7-11-9(8-14)10(12)13;/h9,11,14H,2-8H2,1H3,(H,12,13);1H/t9-;/m0./s1. The summed E-state index contributed by atoms with van der Waals surface area (Å²) in [5.74, 6) is -0.460. The Morgan fingerprint density at radius 1 is 1.33 bits per heavy atom. The summed E-state index contributed by atoms with van der Waals surface area (Å²) in [5, 5.41) is 11.7. The molecule has 0 fully saturated rings. The SMILES string of the molecule is CCCCCCCN[C@@H](CS)C(=O)O.Cl. The zero-order valence-corrected chi connectivity index (χ0v) is 10.9. The largest absolute Gasteiger partial charge is 0.480 e. The van der Waals surface area contributed by atoms with E-state index in [1.54, 1.807) is 0 Å². The van der Waals surface area contributed by atoms with E-state index in [2.05, 4.69) is 24.9 Å². The molecule has 15 heavy (non-hydrogen) atoms. The molecule has 0 amide bonds. The van der Waals surface area contributed by atoms with Gasteiger partial charge in [-0.1, -0.05) is 32.6 Å². The third-order valence-electron chi connectivity index (χ3n) is 2.15. The molecule has 92 valence electrons. The summed E-state index contributed by atoms with van der Waals surface area (Å²) in [4.78, 5) is 10.6. The maximum absolute atomic E-state index is 10.6. The van der Waals surface area contributed by atoms with E-state index >= 15 is 0 Å². The molecule has 0 aliphatic heterocycles. The second kappa shape index (κ2) is 12.1. The van der Waals surface area contributed by atoms with Crippen LogP contribution >= 0.6 is 25.0 Å². The Bertz CT molecular complexity index is 158. The minimum atomic E-state index is -0.812. The lowest BCUT2D eigenvalue weighted by Crippen LogP contribution is -2.38. The number of unbranched alkanes of at least 4 members (excludes halogenated alkanes) is 4. The summed E-state index contributed by atoms with van der Waals surface area (Å²) in [6.07, 6.45) is 5.99. The molecule has 0 aromatic carbocycles. The van der Waals surface area contributed by atoms with Crippen molar-refractivity contribution in [2.45, 2.75) is 45.1 Å². The molecule has 0 bridgehead atoms. The van der Waals surface area contributed by atoms with Crippen LogP contribution < -0.4 is 5.32 Å². The number of hydrogen-bond acceptors (Lipinski definition) is 3. The quantitative estimate of drug-likeness (QED) is 0.438. The third-order valence-corrected chi connectivity index (χ3v) is 2.52. The predicted molar refractivity (Wildman–Crippen MR) is 69.3 cm³/mol. The molecule has 0 saturated heterocycles. The minimum Gasteiger partial charge on any atom is -0.480 e. The average molecular weight is 256 g/mol. The highest BCUT2D eigenvalue weighted by molar-refractivity contribution is 7.80. The second-order valence-electron chi connectivity index (χ2n) is 3.44. The Labute approximate surface area is 104 Å². The van der Waals surface area contributed by atoms with Crippen LogP contribution in [0, 0.1) is 0 Å². The average Bonchev–Trinajstić information content (AvgIpc) is 2.16. The van der Waals surface area contributed by atoms with Crippen molar-refractivity contribution < 1.29 is 9.90 Å². The smallest absolute Gasteiger partial charge is 0.321 e. The molecule has 2 N–H and O–H groups in total. The molecule has 0 aliphatic carbocycles. The fraction of sp³-hybridized carbons (Fsp3) is 0.900. The first-order valence-electron chi connectivity index (χ1n) is 5.29. The van der Waals surface area contributed by atoms with Gasteiger partial charge in [0.25, 0.3) is 0 Å². The van der Waals surface area contributed by atoms with Gasteiger partial charge in [0.05, 0.1) is 0 Å². The van der Waals surface area contributed by atoms with Gasteiger partial charge >= 0.3 is 5.97 Å². The molecule has 0 radical (unpaired) electrons. The topological polar surface area (TPSA) is 49.3 Å². The molecule has 3 nitrogen and oxygen atoms in total. The van der Waals surface area contributed by atoms with Gasteiger partial charge in [0, 0.05) is 5.75 Å². The van der Waals surface area contributed by atoms with Gasteiger partial charge in [-0.15, -0.1) is 12.4 Å². The van der Waals surface area contributed by atoms with Crippen molar-refractivity contribution in [3.63, 3.8) is 0 Å². The van der Waals surface area contributed by atoms with Crippen molar-refractivity contribution in [1.29, 1.82) is 0 Å². The highest BCUT2D eigenvalue weighted by atomic mass is 35.5. The van der Waals surface area contributed by atoms with Crippen LogP contribution in [0.1, 0.15) is 39.0 Å². The van der Waals surface area contributed by atoms with E-state index < -0.39 is 12.0 Å². The zero-order chi connectivity index (χ0) is 10.8. The van der Waals surface area contributed by atoms with E-state index in [1.165, 1.54) is 25.7 Å². The van der Waals surface area contributed by atoms with Gasteiger partial charge in [-0.25, -0.2) is 0 Å². The molecule has 0 rings (SSSR count). The number of hydrogen-bond donors (Lipinski definition) is 3. The van der Waals surface area contributed by atoms with Crippen LogP contribution in [0.4, 0.5) is 0 Å². The lowest BCUT2D eigenvalue weighted by Gasteiger charge is -2.11. The fourth-order valence-corrected chi connectivity index (χ4v) is 1.52. The number of carboxylic acids is 1. The van der Waals surface area contributed by atoms with E-state index in [0.717, 1.165) is 13.0 Å². The summed E-state index contributed by atoms with van der Waals surface area (Å²) < 4.78 is 0. The van der Waals surface area contributed by atoms with Crippen molar-refractivity contribution in [1.82, 2.24) is 5.32 Å². The van der Waals surface area contributed by atoms with E-state index in [4.69, 9.17) is 5.11 Å². The van der Waals surface area contributed by atoms with Gasteiger partial charge in [0.15, 0.2) is 0 Å². The summed E-state index contributed by atoms with van der Waals surface area (Å²) in [5.41, 5.74) is 0. The lowest BCUT2D eigenvalue weighted by molar-refractivity contribution is -0.138. The monoisotopic (exact) mass is 255 g/mol. The van der Waals surface area contributed by atoms with Crippen molar-refractivity contribution in [3.05, 3.63) is 0 Å². The van der Waals surface area contributed by atoms with Crippen LogP contribution in [-0.2, 0) is 4.79 Å². The highest BCUT2D eigenvalue weighted by Crippen LogP contribution is 2.01. The first-order valence-corrected chi connectivity index (χ1v) is 5.92. The van der Waals surface area contributed by atoms with Crippen molar-refractivity contribution in [3.8, 4) is 0 Å². The van der Waals surface area contributed by atoms with Crippen LogP contribution in [0.3, 0.4) is 0 Å². The van der Waals surface area contributed by atoms with Crippen molar-refractivity contribution in [2.24, 2.45) is 0 Å². The number of thiol groups is 1. The number of carboxylic acid groups (broad SMARTS) is 1. The maximum Gasteiger partial charge on any atom is 0.321 e. The molecule has 1 atom stereocenters. The summed E-state index contributed by atoms with van der Waals surface area (Å²) >= 11 is 3.97. The van der Waals surface area contributed by atoms with Crippen LogP contribution in [0.2, 0.25) is 0 Å². The minimum absolute atomic E-state index is 0. The van der Waals surface area contributed by atoms with E-state index in [1.807, 2.05) is 0 Å². The zero-order valence-electron chi connectivity index (χ0n) is 9.24. The number of aliphatic carboxylic acids is 1. The molecule has 0 unspecified atom stereocenters. The molecule has 0 aliphatic rings. The third kappa shape index (κ3) is 10.4. The molecule has 0 spiro atoms. The van der Waals surface area contributed by atoms with Crippen molar-refractivity contribution in [2.75, 3.05) is 12.3 Å². The van der Waals surface area contributed by atoms with Gasteiger partial charge in [-0.05, 0) is 13.0 Å². The van der Waals surface area contributed by atoms with E-state index in [0.29, 0.717) is 5.75 Å². The van der Waals surface area contributed by atoms with Gasteiger partial charge in [0.1, 0.15) is 6.04 Å².